The number of furan rings is 1. The van der Waals surface area contributed by atoms with E-state index in [0.29, 0.717) is 11.0 Å². The third-order valence-corrected chi connectivity index (χ3v) is 4.54. The first-order valence-electron chi connectivity index (χ1n) is 8.75. The first-order valence-corrected chi connectivity index (χ1v) is 8.75. The molecule has 5 nitrogen and oxygen atoms in total. The van der Waals surface area contributed by atoms with Crippen molar-refractivity contribution >= 4 is 27.9 Å². The van der Waals surface area contributed by atoms with E-state index < -0.39 is 23.4 Å². The zero-order chi connectivity index (χ0) is 20.8. The summed E-state index contributed by atoms with van der Waals surface area (Å²) < 4.78 is 56.2. The molecule has 148 valence electrons. The summed E-state index contributed by atoms with van der Waals surface area (Å²) in [4.78, 5) is 12.4. The molecule has 0 fully saturated rings. The molecule has 0 bridgehead atoms. The van der Waals surface area contributed by atoms with Crippen LogP contribution in [0.25, 0.3) is 33.2 Å². The van der Waals surface area contributed by atoms with Gasteiger partial charge in [0.15, 0.2) is 23.0 Å². The molecule has 2 heterocycles. The third kappa shape index (κ3) is 2.98. The van der Waals surface area contributed by atoms with Crippen molar-refractivity contribution in [2.24, 2.45) is 0 Å². The molecule has 0 saturated heterocycles. The average Bonchev–Trinajstić information content (AvgIpc) is 3.35. The Morgan fingerprint density at radius 2 is 1.67 bits per heavy atom. The maximum Gasteiger partial charge on any atom is 0.379 e. The summed E-state index contributed by atoms with van der Waals surface area (Å²) >= 11 is 0. The molecule has 3 aromatic carbocycles. The van der Waals surface area contributed by atoms with Crippen molar-refractivity contribution in [2.45, 2.75) is 0 Å². The van der Waals surface area contributed by atoms with Crippen molar-refractivity contribution in [3.63, 3.8) is 0 Å². The molecule has 0 spiro atoms. The van der Waals surface area contributed by atoms with Crippen molar-refractivity contribution in [2.75, 3.05) is 0 Å². The lowest BCUT2D eigenvalue weighted by atomic mass is 10.1. The van der Waals surface area contributed by atoms with Gasteiger partial charge in [-0.25, -0.2) is 18.0 Å². The average molecular weight is 409 g/mol. The monoisotopic (exact) mass is 409 g/mol. The Morgan fingerprint density at radius 1 is 0.900 bits per heavy atom. The maximum atomic E-state index is 13.5. The predicted molar refractivity (Wildman–Crippen MR) is 100 cm³/mol. The molecule has 0 radical (unpaired) electrons. The van der Waals surface area contributed by atoms with Crippen molar-refractivity contribution < 1.29 is 31.6 Å². The summed E-state index contributed by atoms with van der Waals surface area (Å²) in [5, 5.41) is 4.96. The summed E-state index contributed by atoms with van der Waals surface area (Å²) in [6.07, 6.45) is 0. The van der Waals surface area contributed by atoms with Crippen molar-refractivity contribution in [3.8, 4) is 17.0 Å². The van der Waals surface area contributed by atoms with Crippen LogP contribution in [0, 0.1) is 17.5 Å². The van der Waals surface area contributed by atoms with Crippen LogP contribution in [-0.2, 0) is 0 Å². The van der Waals surface area contributed by atoms with Crippen molar-refractivity contribution in [3.05, 3.63) is 83.9 Å². The highest BCUT2D eigenvalue weighted by Crippen LogP contribution is 2.32. The lowest BCUT2D eigenvalue weighted by molar-refractivity contribution is 0.0704. The molecule has 0 N–H and O–H groups in total. The second-order valence-corrected chi connectivity index (χ2v) is 6.48. The minimum absolute atomic E-state index is 0.0113. The highest BCUT2D eigenvalue weighted by Gasteiger charge is 2.19. The van der Waals surface area contributed by atoms with Gasteiger partial charge in [0.05, 0.1) is 0 Å². The normalized spacial score (nSPS) is 11.3. The van der Waals surface area contributed by atoms with Crippen LogP contribution in [0.1, 0.15) is 10.6 Å². The van der Waals surface area contributed by atoms with Crippen LogP contribution in [0.15, 0.2) is 69.6 Å². The lowest BCUT2D eigenvalue weighted by Crippen LogP contribution is -2.06. The van der Waals surface area contributed by atoms with E-state index in [-0.39, 0.29) is 28.4 Å². The van der Waals surface area contributed by atoms with Gasteiger partial charge in [0.2, 0.25) is 5.76 Å². The Kier molecular flexibility index (Phi) is 4.06. The maximum absolute atomic E-state index is 13.5. The van der Waals surface area contributed by atoms with E-state index in [1.165, 1.54) is 18.2 Å². The Labute approximate surface area is 166 Å². The molecular formula is C22H10F3NO4. The molecule has 5 aromatic rings. The number of benzene rings is 3. The summed E-state index contributed by atoms with van der Waals surface area (Å²) in [5.41, 5.74) is 0.902. The highest BCUT2D eigenvalue weighted by atomic mass is 19.2. The highest BCUT2D eigenvalue weighted by molar-refractivity contribution is 5.95. The fraction of sp³-hybridized carbons (Fsp3) is 0. The molecule has 30 heavy (non-hydrogen) atoms. The van der Waals surface area contributed by atoms with E-state index in [1.807, 2.05) is 6.07 Å². The first kappa shape index (κ1) is 18.0. The number of nitrogens with zero attached hydrogens (tertiary/aromatic N) is 1. The lowest BCUT2D eigenvalue weighted by Gasteiger charge is -2.02. The molecule has 2 aromatic heterocycles. The van der Waals surface area contributed by atoms with Crippen LogP contribution in [0.2, 0.25) is 0 Å². The minimum Gasteiger partial charge on any atom is -0.449 e. The molecule has 0 aliphatic carbocycles. The molecule has 0 amide bonds. The fourth-order valence-corrected chi connectivity index (χ4v) is 3.12. The molecule has 0 unspecified atom stereocenters. The van der Waals surface area contributed by atoms with E-state index in [9.17, 15) is 18.0 Å². The Bertz CT molecular complexity index is 1380. The molecule has 0 aliphatic heterocycles. The van der Waals surface area contributed by atoms with E-state index in [2.05, 4.69) is 5.16 Å². The smallest absolute Gasteiger partial charge is 0.379 e. The number of hydrogen-bond acceptors (Lipinski definition) is 5. The number of rotatable bonds is 3. The number of halogens is 3. The van der Waals surface area contributed by atoms with Gasteiger partial charge < -0.3 is 13.7 Å². The Balaban J connectivity index is 1.45. The Hall–Kier alpha value is -4.07. The summed E-state index contributed by atoms with van der Waals surface area (Å²) in [7, 11) is 0. The largest absolute Gasteiger partial charge is 0.449 e. The van der Waals surface area contributed by atoms with Crippen LogP contribution in [0.4, 0.5) is 13.2 Å². The van der Waals surface area contributed by atoms with Gasteiger partial charge in [-0.05, 0) is 36.4 Å². The van der Waals surface area contributed by atoms with Crippen molar-refractivity contribution in [1.29, 1.82) is 0 Å². The molecule has 0 aliphatic rings. The molecule has 8 heteroatoms. The zero-order valence-electron chi connectivity index (χ0n) is 15.0. The van der Waals surface area contributed by atoms with Crippen molar-refractivity contribution in [1.82, 2.24) is 5.16 Å². The molecule has 0 atom stereocenters. The van der Waals surface area contributed by atoms with Crippen LogP contribution in [-0.4, -0.2) is 11.1 Å². The van der Waals surface area contributed by atoms with Gasteiger partial charge in [-0.2, -0.15) is 0 Å². The van der Waals surface area contributed by atoms with Gasteiger partial charge in [-0.15, -0.1) is 0 Å². The summed E-state index contributed by atoms with van der Waals surface area (Å²) in [6, 6.07) is 14.8. The summed E-state index contributed by atoms with van der Waals surface area (Å²) in [6.45, 7) is 0. The number of esters is 1. The van der Waals surface area contributed by atoms with Crippen LogP contribution < -0.4 is 4.74 Å². The molecular weight excluding hydrogens is 399 g/mol. The van der Waals surface area contributed by atoms with Gasteiger partial charge in [0.25, 0.3) is 0 Å². The van der Waals surface area contributed by atoms with Gasteiger partial charge in [-0.3, -0.25) is 0 Å². The van der Waals surface area contributed by atoms with Gasteiger partial charge in [0, 0.05) is 22.4 Å². The number of aromatic nitrogens is 1. The van der Waals surface area contributed by atoms with E-state index >= 15 is 0 Å². The fourth-order valence-electron chi connectivity index (χ4n) is 3.12. The number of carbonyl (C=O) groups is 1. The van der Waals surface area contributed by atoms with Gasteiger partial charge >= 0.3 is 5.97 Å². The van der Waals surface area contributed by atoms with Gasteiger partial charge in [-0.1, -0.05) is 23.4 Å². The minimum atomic E-state index is -1.56. The predicted octanol–water partition coefficient (Wildman–Crippen LogP) is 5.88. The number of fused-ring (bicyclic) bond motifs is 2. The molecule has 0 saturated carbocycles. The third-order valence-electron chi connectivity index (χ3n) is 4.54. The van der Waals surface area contributed by atoms with E-state index in [1.54, 1.807) is 24.3 Å². The number of para-hydroxylation sites is 1. The van der Waals surface area contributed by atoms with Gasteiger partial charge in [0.1, 0.15) is 17.0 Å². The number of carbonyl (C=O) groups excluding carboxylic acids is 1. The second-order valence-electron chi connectivity index (χ2n) is 6.48. The summed E-state index contributed by atoms with van der Waals surface area (Å²) in [5.74, 6) is -4.74. The Morgan fingerprint density at radius 3 is 2.43 bits per heavy atom. The quantitative estimate of drug-likeness (QED) is 0.212. The first-order chi connectivity index (χ1) is 14.5. The number of hydrogen-bond donors (Lipinski definition) is 0. The van der Waals surface area contributed by atoms with Crippen LogP contribution in [0.5, 0.6) is 5.75 Å². The molecule has 5 rings (SSSR count). The second kappa shape index (κ2) is 6.77. The van der Waals surface area contributed by atoms with Crippen LogP contribution in [0.3, 0.4) is 0 Å². The number of ether oxygens (including phenoxy) is 1. The SMILES string of the molecule is O=C(Oc1ccc2c(-c3cc(F)c(F)c(F)c3)noc2c1)c1cc2ccccc2o1. The topological polar surface area (TPSA) is 65.5 Å². The standard InChI is InChI=1S/C22H10F3NO4/c23-15-7-12(8-16(24)20(15)25)21-14-6-5-13(10-18(14)30-26-21)28-22(27)19-9-11-3-1-2-4-17(11)29-19/h1-10H. The van der Waals surface area contributed by atoms with E-state index in [4.69, 9.17) is 13.7 Å². The zero-order valence-corrected chi connectivity index (χ0v) is 15.0. The van der Waals surface area contributed by atoms with Crippen LogP contribution >= 0.6 is 0 Å². The van der Waals surface area contributed by atoms with E-state index in [0.717, 1.165) is 17.5 Å².